The van der Waals surface area contributed by atoms with Gasteiger partial charge in [0.15, 0.2) is 0 Å². The highest BCUT2D eigenvalue weighted by molar-refractivity contribution is 5.60. The molecule has 2 aromatic rings. The van der Waals surface area contributed by atoms with Crippen LogP contribution in [0.4, 0.5) is 0 Å². The summed E-state index contributed by atoms with van der Waals surface area (Å²) in [6.45, 7) is 7.07. The van der Waals surface area contributed by atoms with E-state index in [1.165, 1.54) is 89.0 Å². The molecule has 0 saturated heterocycles. The van der Waals surface area contributed by atoms with E-state index in [1.54, 1.807) is 0 Å². The molecule has 0 aliphatic heterocycles. The van der Waals surface area contributed by atoms with Crippen LogP contribution in [0.5, 0.6) is 5.75 Å². The van der Waals surface area contributed by atoms with Gasteiger partial charge >= 0.3 is 0 Å². The van der Waals surface area contributed by atoms with Gasteiger partial charge in [-0.25, -0.2) is 0 Å². The Morgan fingerprint density at radius 3 is 1.77 bits per heavy atom. The van der Waals surface area contributed by atoms with Crippen molar-refractivity contribution in [2.24, 2.45) is 0 Å². The lowest BCUT2D eigenvalue weighted by molar-refractivity contribution is 0.128. The molecule has 0 unspecified atom stereocenters. The van der Waals surface area contributed by atoms with E-state index >= 15 is 0 Å². The molecule has 1 heterocycles. The van der Waals surface area contributed by atoms with Crippen molar-refractivity contribution >= 4 is 0 Å². The molecule has 1 aromatic heterocycles. The van der Waals surface area contributed by atoms with Crippen LogP contribution in [-0.4, -0.2) is 24.8 Å². The number of rotatable bonds is 22. The molecule has 0 atom stereocenters. The van der Waals surface area contributed by atoms with Gasteiger partial charge in [-0.2, -0.15) is 0 Å². The van der Waals surface area contributed by atoms with Gasteiger partial charge in [-0.15, -0.1) is 0 Å². The Balaban J connectivity index is 1.54. The molecule has 2 rings (SSSR count). The fourth-order valence-electron chi connectivity index (χ4n) is 4.36. The van der Waals surface area contributed by atoms with Gasteiger partial charge in [-0.1, -0.05) is 97.0 Å². The lowest BCUT2D eigenvalue weighted by Gasteiger charge is -2.08. The fraction of sp³-hybridized carbons (Fsp3) is 0.656. The Morgan fingerprint density at radius 1 is 0.571 bits per heavy atom. The average molecular weight is 482 g/mol. The molecule has 0 spiro atoms. The summed E-state index contributed by atoms with van der Waals surface area (Å²) in [6.07, 6.45) is 22.7. The molecule has 0 N–H and O–H groups in total. The molecule has 35 heavy (non-hydrogen) atoms. The van der Waals surface area contributed by atoms with Crippen molar-refractivity contribution in [1.82, 2.24) is 4.98 Å². The number of nitrogens with zero attached hydrogens (tertiary/aromatic N) is 1. The first-order valence-corrected chi connectivity index (χ1v) is 14.6. The van der Waals surface area contributed by atoms with E-state index in [2.05, 4.69) is 55.2 Å². The van der Waals surface area contributed by atoms with Crippen LogP contribution < -0.4 is 4.74 Å². The third kappa shape index (κ3) is 14.3. The second-order valence-electron chi connectivity index (χ2n) is 9.88. The molecule has 0 bridgehead atoms. The number of benzene rings is 1. The summed E-state index contributed by atoms with van der Waals surface area (Å²) in [5.74, 6) is 0.955. The number of hydrogen-bond donors (Lipinski definition) is 0. The van der Waals surface area contributed by atoms with Crippen LogP contribution in [-0.2, 0) is 11.2 Å². The molecule has 3 heteroatoms. The van der Waals surface area contributed by atoms with Gasteiger partial charge in [0.25, 0.3) is 0 Å². The molecule has 0 saturated carbocycles. The fourth-order valence-corrected chi connectivity index (χ4v) is 4.36. The molecule has 0 amide bonds. The maximum atomic E-state index is 5.95. The Hall–Kier alpha value is -1.87. The van der Waals surface area contributed by atoms with E-state index in [-0.39, 0.29) is 0 Å². The van der Waals surface area contributed by atoms with Crippen molar-refractivity contribution in [2.45, 2.75) is 117 Å². The summed E-state index contributed by atoms with van der Waals surface area (Å²) in [5.41, 5.74) is 3.43. The van der Waals surface area contributed by atoms with Crippen LogP contribution in [0.1, 0.15) is 116 Å². The number of unbranched alkanes of at least 4 members (excludes halogenated alkanes) is 12. The first kappa shape index (κ1) is 29.4. The topological polar surface area (TPSA) is 31.4 Å². The van der Waals surface area contributed by atoms with Crippen LogP contribution in [0.2, 0.25) is 0 Å². The Bertz CT molecular complexity index is 726. The van der Waals surface area contributed by atoms with Crippen molar-refractivity contribution in [3.05, 3.63) is 48.2 Å². The van der Waals surface area contributed by atoms with Gasteiger partial charge in [0.2, 0.25) is 0 Å². The van der Waals surface area contributed by atoms with E-state index in [0.29, 0.717) is 0 Å². The van der Waals surface area contributed by atoms with Crippen LogP contribution in [0.3, 0.4) is 0 Å². The third-order valence-electron chi connectivity index (χ3n) is 6.64. The zero-order valence-corrected chi connectivity index (χ0v) is 22.7. The van der Waals surface area contributed by atoms with E-state index in [4.69, 9.17) is 9.47 Å². The summed E-state index contributed by atoms with van der Waals surface area (Å²) in [4.78, 5) is 4.68. The van der Waals surface area contributed by atoms with Gasteiger partial charge in [0, 0.05) is 25.0 Å². The molecule has 0 radical (unpaired) electrons. The Kier molecular flexibility index (Phi) is 17.1. The summed E-state index contributed by atoms with van der Waals surface area (Å²) in [7, 11) is 0. The number of pyridine rings is 1. The molecular formula is C32H51NO2. The van der Waals surface area contributed by atoms with E-state index in [9.17, 15) is 0 Å². The maximum absolute atomic E-state index is 5.95. The first-order chi connectivity index (χ1) is 17.3. The normalized spacial score (nSPS) is 11.1. The highest BCUT2D eigenvalue weighted by Gasteiger charge is 2.02. The standard InChI is InChI=1S/C32H51NO2/c1-3-5-7-9-10-11-12-13-14-16-27-35-31-22-20-30(21-23-31)32-24-19-29(28-33-32)18-17-26-34-25-15-8-6-4-2/h19-24,28H,3-18,25-27H2,1-2H3. The molecule has 196 valence electrons. The van der Waals surface area contributed by atoms with Crippen LogP contribution in [0.25, 0.3) is 11.3 Å². The molecule has 0 aliphatic rings. The first-order valence-electron chi connectivity index (χ1n) is 14.6. The highest BCUT2D eigenvalue weighted by Crippen LogP contribution is 2.21. The van der Waals surface area contributed by atoms with Crippen molar-refractivity contribution < 1.29 is 9.47 Å². The molecule has 0 aliphatic carbocycles. The Labute approximate surface area is 216 Å². The number of aromatic nitrogens is 1. The maximum Gasteiger partial charge on any atom is 0.119 e. The third-order valence-corrected chi connectivity index (χ3v) is 6.64. The van der Waals surface area contributed by atoms with Gasteiger partial charge in [-0.3, -0.25) is 4.98 Å². The van der Waals surface area contributed by atoms with Crippen molar-refractivity contribution in [3.63, 3.8) is 0 Å². The lowest BCUT2D eigenvalue weighted by atomic mass is 10.1. The van der Waals surface area contributed by atoms with Crippen LogP contribution in [0.15, 0.2) is 42.6 Å². The quantitative estimate of drug-likeness (QED) is 0.157. The highest BCUT2D eigenvalue weighted by atomic mass is 16.5. The average Bonchev–Trinajstić information content (AvgIpc) is 2.89. The van der Waals surface area contributed by atoms with Crippen molar-refractivity contribution in [3.8, 4) is 17.0 Å². The minimum Gasteiger partial charge on any atom is -0.494 e. The monoisotopic (exact) mass is 481 g/mol. The summed E-state index contributed by atoms with van der Waals surface area (Å²) < 4.78 is 11.7. The smallest absolute Gasteiger partial charge is 0.119 e. The summed E-state index contributed by atoms with van der Waals surface area (Å²) in [5, 5.41) is 0. The molecular weight excluding hydrogens is 430 g/mol. The minimum absolute atomic E-state index is 0.811. The number of ether oxygens (including phenoxy) is 2. The van der Waals surface area contributed by atoms with Crippen LogP contribution in [0, 0.1) is 0 Å². The zero-order chi connectivity index (χ0) is 24.8. The van der Waals surface area contributed by atoms with Crippen molar-refractivity contribution in [1.29, 1.82) is 0 Å². The van der Waals surface area contributed by atoms with Crippen LogP contribution >= 0.6 is 0 Å². The predicted molar refractivity (Wildman–Crippen MR) is 150 cm³/mol. The van der Waals surface area contributed by atoms with E-state index < -0.39 is 0 Å². The predicted octanol–water partition coefficient (Wildman–Crippen LogP) is 9.58. The lowest BCUT2D eigenvalue weighted by Crippen LogP contribution is -1.99. The van der Waals surface area contributed by atoms with Gasteiger partial charge in [-0.05, 0) is 61.6 Å². The van der Waals surface area contributed by atoms with Gasteiger partial charge in [0.05, 0.1) is 12.3 Å². The summed E-state index contributed by atoms with van der Waals surface area (Å²) in [6, 6.07) is 12.7. The van der Waals surface area contributed by atoms with Gasteiger partial charge in [0.1, 0.15) is 5.75 Å². The second kappa shape index (κ2) is 20.3. The summed E-state index contributed by atoms with van der Waals surface area (Å²) >= 11 is 0. The zero-order valence-electron chi connectivity index (χ0n) is 22.7. The SMILES string of the molecule is CCCCCCCCCCCCOc1ccc(-c2ccc(CCCOCCCCCC)cn2)cc1. The molecule has 3 nitrogen and oxygen atoms in total. The van der Waals surface area contributed by atoms with Crippen molar-refractivity contribution in [2.75, 3.05) is 19.8 Å². The molecule has 1 aromatic carbocycles. The molecule has 0 fully saturated rings. The van der Waals surface area contributed by atoms with E-state index in [1.807, 2.05) is 6.20 Å². The van der Waals surface area contributed by atoms with Gasteiger partial charge < -0.3 is 9.47 Å². The number of hydrogen-bond acceptors (Lipinski definition) is 3. The minimum atomic E-state index is 0.811. The largest absolute Gasteiger partial charge is 0.494 e. The Morgan fingerprint density at radius 2 is 1.14 bits per heavy atom. The van der Waals surface area contributed by atoms with E-state index in [0.717, 1.165) is 56.1 Å². The number of aryl methyl sites for hydroxylation is 1. The second-order valence-corrected chi connectivity index (χ2v) is 9.88.